The third-order valence-corrected chi connectivity index (χ3v) is 2.51. The highest BCUT2D eigenvalue weighted by Crippen LogP contribution is 2.10. The maximum atomic E-state index is 5.65. The zero-order chi connectivity index (χ0) is 13.4. The van der Waals surface area contributed by atoms with E-state index >= 15 is 0 Å². The van der Waals surface area contributed by atoms with E-state index in [1.165, 1.54) is 11.1 Å². The van der Waals surface area contributed by atoms with Crippen LogP contribution in [0.1, 0.15) is 31.9 Å². The predicted molar refractivity (Wildman–Crippen MR) is 74.6 cm³/mol. The Balaban J connectivity index is 2.31. The Hall–Kier alpha value is -0.900. The van der Waals surface area contributed by atoms with E-state index in [9.17, 15) is 0 Å². The van der Waals surface area contributed by atoms with E-state index in [1.807, 2.05) is 13.1 Å². The summed E-state index contributed by atoms with van der Waals surface area (Å²) in [5, 5.41) is 3.17. The Morgan fingerprint density at radius 1 is 1.06 bits per heavy atom. The molecule has 1 rings (SSSR count). The summed E-state index contributed by atoms with van der Waals surface area (Å²) < 4.78 is 11.3. The lowest BCUT2D eigenvalue weighted by Crippen LogP contribution is -2.21. The van der Waals surface area contributed by atoms with Crippen LogP contribution in [0.2, 0.25) is 0 Å². The highest BCUT2D eigenvalue weighted by Gasteiger charge is 2.09. The molecular formula is C15H25NO2. The highest BCUT2D eigenvalue weighted by atomic mass is 16.5. The summed E-state index contributed by atoms with van der Waals surface area (Å²) >= 11 is 0. The van der Waals surface area contributed by atoms with Crippen LogP contribution in [-0.2, 0) is 22.6 Å². The van der Waals surface area contributed by atoms with Crippen LogP contribution in [0.25, 0.3) is 0 Å². The van der Waals surface area contributed by atoms with Crippen LogP contribution in [-0.4, -0.2) is 25.9 Å². The molecule has 3 heteroatoms. The first kappa shape index (κ1) is 15.2. The average Bonchev–Trinajstić information content (AvgIpc) is 2.29. The lowest BCUT2D eigenvalue weighted by molar-refractivity contribution is -0.0377. The SMILES string of the molecule is CNCc1ccccc1COCCOC(C)(C)C. The number of hydrogen-bond acceptors (Lipinski definition) is 3. The van der Waals surface area contributed by atoms with Gasteiger partial charge >= 0.3 is 0 Å². The van der Waals surface area contributed by atoms with Gasteiger partial charge in [0.25, 0.3) is 0 Å². The van der Waals surface area contributed by atoms with E-state index < -0.39 is 0 Å². The van der Waals surface area contributed by atoms with Crippen LogP contribution in [0, 0.1) is 0 Å². The van der Waals surface area contributed by atoms with Crippen LogP contribution < -0.4 is 5.32 Å². The molecule has 0 bridgehead atoms. The van der Waals surface area contributed by atoms with Crippen molar-refractivity contribution in [2.45, 2.75) is 39.5 Å². The number of hydrogen-bond donors (Lipinski definition) is 1. The van der Waals surface area contributed by atoms with Crippen LogP contribution in [0.4, 0.5) is 0 Å². The molecule has 1 aromatic rings. The quantitative estimate of drug-likeness (QED) is 0.756. The molecule has 102 valence electrons. The van der Waals surface area contributed by atoms with Crippen molar-refractivity contribution >= 4 is 0 Å². The maximum Gasteiger partial charge on any atom is 0.0721 e. The molecule has 1 N–H and O–H groups in total. The number of rotatable bonds is 7. The van der Waals surface area contributed by atoms with Crippen molar-refractivity contribution in [1.82, 2.24) is 5.32 Å². The van der Waals surface area contributed by atoms with Crippen LogP contribution >= 0.6 is 0 Å². The van der Waals surface area contributed by atoms with Gasteiger partial charge < -0.3 is 14.8 Å². The van der Waals surface area contributed by atoms with E-state index in [0.717, 1.165) is 6.54 Å². The summed E-state index contributed by atoms with van der Waals surface area (Å²) in [7, 11) is 1.95. The molecule has 18 heavy (non-hydrogen) atoms. The highest BCUT2D eigenvalue weighted by molar-refractivity contribution is 5.26. The summed E-state index contributed by atoms with van der Waals surface area (Å²) in [5.74, 6) is 0. The van der Waals surface area contributed by atoms with E-state index in [2.05, 4.69) is 44.3 Å². The van der Waals surface area contributed by atoms with Gasteiger partial charge in [-0.2, -0.15) is 0 Å². The molecule has 0 heterocycles. The van der Waals surface area contributed by atoms with Gasteiger partial charge in [0, 0.05) is 6.54 Å². The molecule has 0 aliphatic heterocycles. The summed E-state index contributed by atoms with van der Waals surface area (Å²) in [6, 6.07) is 8.33. The van der Waals surface area contributed by atoms with Crippen molar-refractivity contribution in [3.05, 3.63) is 35.4 Å². The topological polar surface area (TPSA) is 30.5 Å². The zero-order valence-corrected chi connectivity index (χ0v) is 12.0. The second-order valence-electron chi connectivity index (χ2n) is 5.31. The predicted octanol–water partition coefficient (Wildman–Crippen LogP) is 2.74. The van der Waals surface area contributed by atoms with Crippen LogP contribution in [0.3, 0.4) is 0 Å². The molecule has 0 aliphatic rings. The number of benzene rings is 1. The van der Waals surface area contributed by atoms with Gasteiger partial charge in [0.1, 0.15) is 0 Å². The van der Waals surface area contributed by atoms with E-state index in [0.29, 0.717) is 19.8 Å². The molecule has 0 spiro atoms. The van der Waals surface area contributed by atoms with E-state index in [4.69, 9.17) is 9.47 Å². The largest absolute Gasteiger partial charge is 0.374 e. The van der Waals surface area contributed by atoms with Gasteiger partial charge in [-0.15, -0.1) is 0 Å². The zero-order valence-electron chi connectivity index (χ0n) is 12.0. The standard InChI is InChI=1S/C15H25NO2/c1-15(2,3)18-10-9-17-12-14-8-6-5-7-13(14)11-16-4/h5-8,16H,9-12H2,1-4H3. The second kappa shape index (κ2) is 7.52. The molecule has 0 radical (unpaired) electrons. The Morgan fingerprint density at radius 2 is 1.72 bits per heavy atom. The maximum absolute atomic E-state index is 5.65. The van der Waals surface area contributed by atoms with Gasteiger partial charge in [-0.25, -0.2) is 0 Å². The molecule has 1 aromatic carbocycles. The van der Waals surface area contributed by atoms with Gasteiger partial charge in [-0.3, -0.25) is 0 Å². The van der Waals surface area contributed by atoms with E-state index in [-0.39, 0.29) is 5.60 Å². The van der Waals surface area contributed by atoms with Crippen LogP contribution in [0.15, 0.2) is 24.3 Å². The minimum absolute atomic E-state index is 0.0899. The molecule has 0 fully saturated rings. The molecular weight excluding hydrogens is 226 g/mol. The van der Waals surface area contributed by atoms with Crippen molar-refractivity contribution in [2.24, 2.45) is 0 Å². The Bertz CT molecular complexity index is 345. The van der Waals surface area contributed by atoms with Gasteiger partial charge in [0.05, 0.1) is 25.4 Å². The Morgan fingerprint density at radius 3 is 2.33 bits per heavy atom. The fourth-order valence-electron chi connectivity index (χ4n) is 1.65. The molecule has 0 atom stereocenters. The molecule has 0 saturated carbocycles. The summed E-state index contributed by atoms with van der Waals surface area (Å²) in [4.78, 5) is 0. The summed E-state index contributed by atoms with van der Waals surface area (Å²) in [6.07, 6.45) is 0. The normalized spacial score (nSPS) is 11.8. The monoisotopic (exact) mass is 251 g/mol. The molecule has 0 unspecified atom stereocenters. The average molecular weight is 251 g/mol. The third kappa shape index (κ3) is 6.15. The minimum Gasteiger partial charge on any atom is -0.374 e. The molecule has 0 saturated heterocycles. The van der Waals surface area contributed by atoms with E-state index in [1.54, 1.807) is 0 Å². The van der Waals surface area contributed by atoms with Gasteiger partial charge in [-0.1, -0.05) is 24.3 Å². The third-order valence-electron chi connectivity index (χ3n) is 2.51. The minimum atomic E-state index is -0.0899. The Kier molecular flexibility index (Phi) is 6.33. The fraction of sp³-hybridized carbons (Fsp3) is 0.600. The van der Waals surface area contributed by atoms with Crippen molar-refractivity contribution in [2.75, 3.05) is 20.3 Å². The van der Waals surface area contributed by atoms with Gasteiger partial charge in [-0.05, 0) is 38.9 Å². The van der Waals surface area contributed by atoms with Gasteiger partial charge in [0.2, 0.25) is 0 Å². The van der Waals surface area contributed by atoms with Crippen molar-refractivity contribution in [1.29, 1.82) is 0 Å². The first-order valence-electron chi connectivity index (χ1n) is 6.46. The van der Waals surface area contributed by atoms with Gasteiger partial charge in [0.15, 0.2) is 0 Å². The molecule has 3 nitrogen and oxygen atoms in total. The van der Waals surface area contributed by atoms with Crippen molar-refractivity contribution < 1.29 is 9.47 Å². The van der Waals surface area contributed by atoms with Crippen molar-refractivity contribution in [3.63, 3.8) is 0 Å². The van der Waals surface area contributed by atoms with Crippen LogP contribution in [0.5, 0.6) is 0 Å². The first-order valence-corrected chi connectivity index (χ1v) is 6.46. The molecule has 0 aromatic heterocycles. The Labute approximate surface area is 110 Å². The number of ether oxygens (including phenoxy) is 2. The lowest BCUT2D eigenvalue weighted by Gasteiger charge is -2.19. The number of nitrogens with one attached hydrogen (secondary N) is 1. The molecule has 0 aliphatic carbocycles. The smallest absolute Gasteiger partial charge is 0.0721 e. The second-order valence-corrected chi connectivity index (χ2v) is 5.31. The first-order chi connectivity index (χ1) is 8.53. The molecule has 0 amide bonds. The van der Waals surface area contributed by atoms with Crippen molar-refractivity contribution in [3.8, 4) is 0 Å². The fourth-order valence-corrected chi connectivity index (χ4v) is 1.65. The summed E-state index contributed by atoms with van der Waals surface area (Å²) in [5.41, 5.74) is 2.44. The summed E-state index contributed by atoms with van der Waals surface area (Å²) in [6.45, 7) is 8.94. The lowest BCUT2D eigenvalue weighted by atomic mass is 10.1.